The van der Waals surface area contributed by atoms with Crippen LogP contribution in [0.2, 0.25) is 0 Å². The Hall–Kier alpha value is 0.01000. The van der Waals surface area contributed by atoms with E-state index in [-0.39, 0.29) is 0 Å². The quantitative estimate of drug-likeness (QED) is 0.846. The van der Waals surface area contributed by atoms with Gasteiger partial charge < -0.3 is 5.73 Å². The Kier molecular flexibility index (Phi) is 5.16. The van der Waals surface area contributed by atoms with Crippen LogP contribution in [0.4, 0.5) is 0 Å². The largest absolute Gasteiger partial charge is 0.326 e. The summed E-state index contributed by atoms with van der Waals surface area (Å²) in [4.78, 5) is 1.30. The molecule has 0 saturated carbocycles. The predicted octanol–water partition coefficient (Wildman–Crippen LogP) is 4.04. The van der Waals surface area contributed by atoms with Gasteiger partial charge in [0.2, 0.25) is 0 Å². The normalized spacial score (nSPS) is 13.2. The maximum atomic E-state index is 5.59. The highest BCUT2D eigenvalue weighted by atomic mass is 79.9. The second kappa shape index (κ2) is 5.92. The van der Waals surface area contributed by atoms with Crippen LogP contribution in [0.25, 0.3) is 0 Å². The summed E-state index contributed by atoms with van der Waals surface area (Å²) in [6.07, 6.45) is 0. The Morgan fingerprint density at radius 2 is 2.00 bits per heavy atom. The minimum absolute atomic E-state index is 0.600. The molecule has 1 rings (SSSR count). The van der Waals surface area contributed by atoms with E-state index in [2.05, 4.69) is 54.9 Å². The highest BCUT2D eigenvalue weighted by Crippen LogP contribution is 2.33. The fourth-order valence-corrected chi connectivity index (χ4v) is 2.80. The van der Waals surface area contributed by atoms with Gasteiger partial charge in [-0.15, -0.1) is 11.8 Å². The highest BCUT2D eigenvalue weighted by Gasteiger charge is 2.10. The summed E-state index contributed by atoms with van der Waals surface area (Å²) in [5, 5.41) is 0.630. The van der Waals surface area contributed by atoms with Crippen LogP contribution in [0, 0.1) is 5.92 Å². The van der Waals surface area contributed by atoms with Crippen molar-refractivity contribution >= 4 is 27.7 Å². The van der Waals surface area contributed by atoms with Crippen LogP contribution in [-0.4, -0.2) is 5.25 Å². The van der Waals surface area contributed by atoms with Gasteiger partial charge in [0.05, 0.1) is 0 Å². The summed E-state index contributed by atoms with van der Waals surface area (Å²) in [6, 6.07) is 6.35. The van der Waals surface area contributed by atoms with Gasteiger partial charge in [0, 0.05) is 21.2 Å². The summed E-state index contributed by atoms with van der Waals surface area (Å²) in [6.45, 7) is 7.36. The lowest BCUT2D eigenvalue weighted by atomic mass is 10.2. The average Bonchev–Trinajstić information content (AvgIpc) is 2.20. The van der Waals surface area contributed by atoms with Gasteiger partial charge in [-0.2, -0.15) is 0 Å². The summed E-state index contributed by atoms with van der Waals surface area (Å²) in [5.41, 5.74) is 6.76. The SMILES string of the molecule is CC(C)C(C)Sc1ccc(CN)cc1Br. The Morgan fingerprint density at radius 3 is 2.47 bits per heavy atom. The van der Waals surface area contributed by atoms with Gasteiger partial charge in [0.15, 0.2) is 0 Å². The molecule has 1 unspecified atom stereocenters. The number of halogens is 1. The first kappa shape index (κ1) is 13.1. The molecular weight excluding hydrogens is 270 g/mol. The Morgan fingerprint density at radius 1 is 1.33 bits per heavy atom. The number of hydrogen-bond acceptors (Lipinski definition) is 2. The van der Waals surface area contributed by atoms with E-state index in [1.165, 1.54) is 10.5 Å². The number of benzene rings is 1. The van der Waals surface area contributed by atoms with Gasteiger partial charge in [0.25, 0.3) is 0 Å². The zero-order chi connectivity index (χ0) is 11.4. The van der Waals surface area contributed by atoms with Crippen LogP contribution in [0.3, 0.4) is 0 Å². The zero-order valence-corrected chi connectivity index (χ0v) is 11.9. The van der Waals surface area contributed by atoms with Crippen LogP contribution in [0.1, 0.15) is 26.3 Å². The molecule has 0 aliphatic carbocycles. The second-order valence-electron chi connectivity index (χ2n) is 4.04. The molecule has 84 valence electrons. The van der Waals surface area contributed by atoms with Crippen molar-refractivity contribution in [2.75, 3.05) is 0 Å². The smallest absolute Gasteiger partial charge is 0.0314 e. The Bertz CT molecular complexity index is 325. The molecule has 0 radical (unpaired) electrons. The van der Waals surface area contributed by atoms with Crippen LogP contribution in [0.5, 0.6) is 0 Å². The molecule has 0 saturated heterocycles. The van der Waals surface area contributed by atoms with E-state index in [9.17, 15) is 0 Å². The Balaban J connectivity index is 2.78. The molecular formula is C12H18BrNS. The van der Waals surface area contributed by atoms with Crippen molar-refractivity contribution in [2.24, 2.45) is 11.7 Å². The third-order valence-corrected chi connectivity index (χ3v) is 4.93. The fourth-order valence-electron chi connectivity index (χ4n) is 1.10. The third kappa shape index (κ3) is 3.82. The van der Waals surface area contributed by atoms with E-state index in [1.54, 1.807) is 0 Å². The minimum atomic E-state index is 0.600. The van der Waals surface area contributed by atoms with Gasteiger partial charge in [-0.3, -0.25) is 0 Å². The summed E-state index contributed by atoms with van der Waals surface area (Å²) < 4.78 is 1.16. The number of hydrogen-bond donors (Lipinski definition) is 1. The molecule has 1 aromatic carbocycles. The molecule has 0 aromatic heterocycles. The molecule has 0 heterocycles. The first-order chi connectivity index (χ1) is 7.04. The first-order valence-corrected chi connectivity index (χ1v) is 6.87. The van der Waals surface area contributed by atoms with Crippen molar-refractivity contribution in [3.05, 3.63) is 28.2 Å². The molecule has 0 spiro atoms. The molecule has 1 nitrogen and oxygen atoms in total. The lowest BCUT2D eigenvalue weighted by molar-refractivity contribution is 0.642. The van der Waals surface area contributed by atoms with Gasteiger partial charge in [-0.05, 0) is 39.5 Å². The first-order valence-electron chi connectivity index (χ1n) is 5.19. The molecule has 0 fully saturated rings. The van der Waals surface area contributed by atoms with Gasteiger partial charge >= 0.3 is 0 Å². The lowest BCUT2D eigenvalue weighted by Crippen LogP contribution is -2.05. The topological polar surface area (TPSA) is 26.0 Å². The summed E-state index contributed by atoms with van der Waals surface area (Å²) in [5.74, 6) is 0.691. The molecule has 15 heavy (non-hydrogen) atoms. The maximum absolute atomic E-state index is 5.59. The van der Waals surface area contributed by atoms with Gasteiger partial charge in [0.1, 0.15) is 0 Å². The molecule has 0 aliphatic heterocycles. The van der Waals surface area contributed by atoms with E-state index in [0.717, 1.165) is 4.47 Å². The van der Waals surface area contributed by atoms with Crippen molar-refractivity contribution in [3.8, 4) is 0 Å². The molecule has 3 heteroatoms. The van der Waals surface area contributed by atoms with E-state index in [0.29, 0.717) is 17.7 Å². The predicted molar refractivity (Wildman–Crippen MR) is 72.2 cm³/mol. The zero-order valence-electron chi connectivity index (χ0n) is 9.46. The van der Waals surface area contributed by atoms with E-state index in [4.69, 9.17) is 5.73 Å². The molecule has 1 atom stereocenters. The third-order valence-electron chi connectivity index (χ3n) is 2.48. The summed E-state index contributed by atoms with van der Waals surface area (Å²) in [7, 11) is 0. The van der Waals surface area contributed by atoms with E-state index < -0.39 is 0 Å². The Labute approximate surface area is 105 Å². The maximum Gasteiger partial charge on any atom is 0.0314 e. The minimum Gasteiger partial charge on any atom is -0.326 e. The van der Waals surface area contributed by atoms with E-state index >= 15 is 0 Å². The van der Waals surface area contributed by atoms with Crippen LogP contribution in [-0.2, 0) is 6.54 Å². The van der Waals surface area contributed by atoms with Crippen molar-refractivity contribution in [3.63, 3.8) is 0 Å². The van der Waals surface area contributed by atoms with Crippen LogP contribution in [0.15, 0.2) is 27.6 Å². The van der Waals surface area contributed by atoms with Crippen molar-refractivity contribution in [1.82, 2.24) is 0 Å². The molecule has 2 N–H and O–H groups in total. The van der Waals surface area contributed by atoms with Gasteiger partial charge in [-0.25, -0.2) is 0 Å². The van der Waals surface area contributed by atoms with Crippen molar-refractivity contribution in [2.45, 2.75) is 37.5 Å². The lowest BCUT2D eigenvalue weighted by Gasteiger charge is -2.16. The monoisotopic (exact) mass is 287 g/mol. The average molecular weight is 288 g/mol. The molecule has 1 aromatic rings. The highest BCUT2D eigenvalue weighted by molar-refractivity contribution is 9.10. The summed E-state index contributed by atoms with van der Waals surface area (Å²) >= 11 is 5.50. The molecule has 0 aliphatic rings. The molecule has 0 bridgehead atoms. The van der Waals surface area contributed by atoms with Crippen molar-refractivity contribution < 1.29 is 0 Å². The van der Waals surface area contributed by atoms with Crippen LogP contribution >= 0.6 is 27.7 Å². The second-order valence-corrected chi connectivity index (χ2v) is 6.31. The number of nitrogens with two attached hydrogens (primary N) is 1. The van der Waals surface area contributed by atoms with E-state index in [1.807, 2.05) is 11.8 Å². The van der Waals surface area contributed by atoms with Crippen LogP contribution < -0.4 is 5.73 Å². The van der Waals surface area contributed by atoms with Crippen molar-refractivity contribution in [1.29, 1.82) is 0 Å². The standard InChI is InChI=1S/C12H18BrNS/c1-8(2)9(3)15-12-5-4-10(7-14)6-11(12)13/h4-6,8-9H,7,14H2,1-3H3. The van der Waals surface area contributed by atoms with Gasteiger partial charge in [-0.1, -0.05) is 26.8 Å². The molecule has 0 amide bonds. The number of rotatable bonds is 4. The number of thioether (sulfide) groups is 1. The fraction of sp³-hybridized carbons (Fsp3) is 0.500.